The van der Waals surface area contributed by atoms with Gasteiger partial charge in [-0.05, 0) is 44.2 Å². The van der Waals surface area contributed by atoms with E-state index < -0.39 is 0 Å². The number of hydrogen-bond acceptors (Lipinski definition) is 3. The van der Waals surface area contributed by atoms with Crippen LogP contribution >= 0.6 is 0 Å². The largest absolute Gasteiger partial charge is 0.381 e. The van der Waals surface area contributed by atoms with Gasteiger partial charge < -0.3 is 10.2 Å². The Balaban J connectivity index is 1.52. The van der Waals surface area contributed by atoms with Crippen LogP contribution in [0.15, 0.2) is 18.3 Å². The normalized spacial score (nSPS) is 21.2. The molecular formula is C16H25N3. The van der Waals surface area contributed by atoms with Crippen LogP contribution in [0.3, 0.4) is 0 Å². The van der Waals surface area contributed by atoms with Crippen molar-refractivity contribution in [2.45, 2.75) is 51.5 Å². The zero-order chi connectivity index (χ0) is 13.1. The van der Waals surface area contributed by atoms with E-state index >= 15 is 0 Å². The molecule has 19 heavy (non-hydrogen) atoms. The summed E-state index contributed by atoms with van der Waals surface area (Å²) in [6.45, 7) is 4.61. The molecule has 0 radical (unpaired) electrons. The molecule has 2 aliphatic rings. The van der Waals surface area contributed by atoms with E-state index in [0.717, 1.165) is 30.5 Å². The average Bonchev–Trinajstić information content (AvgIpc) is 2.89. The van der Waals surface area contributed by atoms with Gasteiger partial charge in [-0.2, -0.15) is 0 Å². The lowest BCUT2D eigenvalue weighted by molar-refractivity contribution is 0.286. The molecule has 1 saturated carbocycles. The van der Waals surface area contributed by atoms with Crippen molar-refractivity contribution in [2.75, 3.05) is 23.3 Å². The first-order valence-corrected chi connectivity index (χ1v) is 7.79. The van der Waals surface area contributed by atoms with Gasteiger partial charge in [0.05, 0.1) is 11.9 Å². The molecule has 1 aromatic rings. The highest BCUT2D eigenvalue weighted by Gasteiger charge is 2.20. The van der Waals surface area contributed by atoms with Gasteiger partial charge in [0, 0.05) is 19.1 Å². The molecule has 1 aliphatic carbocycles. The Kier molecular flexibility index (Phi) is 3.90. The van der Waals surface area contributed by atoms with Crippen LogP contribution in [-0.2, 0) is 0 Å². The second-order valence-electron chi connectivity index (χ2n) is 6.18. The molecule has 2 heterocycles. The first-order chi connectivity index (χ1) is 9.31. The third kappa shape index (κ3) is 3.20. The lowest BCUT2D eigenvalue weighted by atomic mass is 9.81. The lowest BCUT2D eigenvalue weighted by Crippen LogP contribution is -2.23. The number of nitrogens with one attached hydrogen (secondary N) is 1. The van der Waals surface area contributed by atoms with Gasteiger partial charge in [0.15, 0.2) is 0 Å². The molecule has 1 N–H and O–H groups in total. The second kappa shape index (κ2) is 5.81. The number of rotatable bonds is 5. The van der Waals surface area contributed by atoms with Crippen molar-refractivity contribution in [3.05, 3.63) is 18.3 Å². The number of nitrogens with zero attached hydrogens (tertiary/aromatic N) is 2. The summed E-state index contributed by atoms with van der Waals surface area (Å²) < 4.78 is 0. The Labute approximate surface area is 116 Å². The van der Waals surface area contributed by atoms with Gasteiger partial charge in [-0.1, -0.05) is 19.3 Å². The topological polar surface area (TPSA) is 28.2 Å². The standard InChI is InChI=1S/C16H25N3/c1-13(11-14-5-4-6-14)18-15-7-8-16(17-12-15)19-9-2-3-10-19/h7-8,12-14,18H,2-6,9-11H2,1H3. The third-order valence-electron chi connectivity index (χ3n) is 4.50. The van der Waals surface area contributed by atoms with E-state index in [1.165, 1.54) is 38.5 Å². The maximum atomic E-state index is 4.59. The first kappa shape index (κ1) is 12.8. The molecule has 1 unspecified atom stereocenters. The van der Waals surface area contributed by atoms with Gasteiger partial charge in [0.1, 0.15) is 5.82 Å². The fourth-order valence-corrected chi connectivity index (χ4v) is 3.18. The fourth-order valence-electron chi connectivity index (χ4n) is 3.18. The predicted molar refractivity (Wildman–Crippen MR) is 80.7 cm³/mol. The summed E-state index contributed by atoms with van der Waals surface area (Å²) in [5, 5.41) is 3.58. The van der Waals surface area contributed by atoms with Crippen molar-refractivity contribution in [1.82, 2.24) is 4.98 Å². The van der Waals surface area contributed by atoms with Crippen molar-refractivity contribution in [1.29, 1.82) is 0 Å². The van der Waals surface area contributed by atoms with E-state index in [1.54, 1.807) is 0 Å². The zero-order valence-electron chi connectivity index (χ0n) is 11.9. The summed E-state index contributed by atoms with van der Waals surface area (Å²) in [6.07, 6.45) is 10.2. The van der Waals surface area contributed by atoms with Crippen molar-refractivity contribution >= 4 is 11.5 Å². The van der Waals surface area contributed by atoms with Crippen LogP contribution in [0.5, 0.6) is 0 Å². The molecule has 1 saturated heterocycles. The number of pyridine rings is 1. The van der Waals surface area contributed by atoms with E-state index in [1.807, 2.05) is 6.20 Å². The van der Waals surface area contributed by atoms with Crippen molar-refractivity contribution in [3.63, 3.8) is 0 Å². The van der Waals surface area contributed by atoms with Crippen molar-refractivity contribution in [2.24, 2.45) is 5.92 Å². The smallest absolute Gasteiger partial charge is 0.128 e. The molecule has 3 nitrogen and oxygen atoms in total. The molecule has 0 bridgehead atoms. The van der Waals surface area contributed by atoms with Gasteiger partial charge in [-0.3, -0.25) is 0 Å². The predicted octanol–water partition coefficient (Wildman–Crippen LogP) is 3.67. The van der Waals surface area contributed by atoms with Crippen LogP contribution in [0.1, 0.15) is 45.4 Å². The molecule has 0 spiro atoms. The summed E-state index contributed by atoms with van der Waals surface area (Å²) >= 11 is 0. The van der Waals surface area contributed by atoms with Crippen LogP contribution < -0.4 is 10.2 Å². The summed E-state index contributed by atoms with van der Waals surface area (Å²) in [5.41, 5.74) is 1.16. The quantitative estimate of drug-likeness (QED) is 0.874. The Hall–Kier alpha value is -1.25. The average molecular weight is 259 g/mol. The van der Waals surface area contributed by atoms with Gasteiger partial charge in [0.2, 0.25) is 0 Å². The molecular weight excluding hydrogens is 234 g/mol. The summed E-state index contributed by atoms with van der Waals surface area (Å²) in [5.74, 6) is 2.09. The number of anilines is 2. The van der Waals surface area contributed by atoms with Crippen LogP contribution in [0.25, 0.3) is 0 Å². The minimum absolute atomic E-state index is 0.560. The highest BCUT2D eigenvalue weighted by molar-refractivity contribution is 5.49. The molecule has 1 atom stereocenters. The van der Waals surface area contributed by atoms with Gasteiger partial charge >= 0.3 is 0 Å². The van der Waals surface area contributed by atoms with Gasteiger partial charge in [-0.25, -0.2) is 4.98 Å². The monoisotopic (exact) mass is 259 g/mol. The summed E-state index contributed by atoms with van der Waals surface area (Å²) in [7, 11) is 0. The fraction of sp³-hybridized carbons (Fsp3) is 0.688. The minimum atomic E-state index is 0.560. The van der Waals surface area contributed by atoms with E-state index in [4.69, 9.17) is 0 Å². The Morgan fingerprint density at radius 1 is 1.26 bits per heavy atom. The van der Waals surface area contributed by atoms with Crippen LogP contribution in [0.2, 0.25) is 0 Å². The first-order valence-electron chi connectivity index (χ1n) is 7.79. The third-order valence-corrected chi connectivity index (χ3v) is 4.50. The van der Waals surface area contributed by atoms with E-state index in [0.29, 0.717) is 6.04 Å². The maximum absolute atomic E-state index is 4.59. The Bertz CT molecular complexity index is 391. The van der Waals surface area contributed by atoms with E-state index in [-0.39, 0.29) is 0 Å². The molecule has 0 amide bonds. The maximum Gasteiger partial charge on any atom is 0.128 e. The van der Waals surface area contributed by atoms with Crippen molar-refractivity contribution < 1.29 is 0 Å². The Morgan fingerprint density at radius 3 is 2.63 bits per heavy atom. The van der Waals surface area contributed by atoms with Gasteiger partial charge in [-0.15, -0.1) is 0 Å². The van der Waals surface area contributed by atoms with E-state index in [9.17, 15) is 0 Å². The lowest BCUT2D eigenvalue weighted by Gasteiger charge is -2.29. The summed E-state index contributed by atoms with van der Waals surface area (Å²) in [4.78, 5) is 6.97. The number of aromatic nitrogens is 1. The molecule has 0 aromatic carbocycles. The molecule has 2 fully saturated rings. The molecule has 104 valence electrons. The second-order valence-corrected chi connectivity index (χ2v) is 6.18. The molecule has 3 rings (SSSR count). The minimum Gasteiger partial charge on any atom is -0.381 e. The summed E-state index contributed by atoms with van der Waals surface area (Å²) in [6, 6.07) is 4.89. The highest BCUT2D eigenvalue weighted by Crippen LogP contribution is 2.31. The van der Waals surface area contributed by atoms with Crippen LogP contribution in [0, 0.1) is 5.92 Å². The molecule has 1 aromatic heterocycles. The highest BCUT2D eigenvalue weighted by atomic mass is 15.2. The van der Waals surface area contributed by atoms with E-state index in [2.05, 4.69) is 34.3 Å². The van der Waals surface area contributed by atoms with Crippen molar-refractivity contribution in [3.8, 4) is 0 Å². The van der Waals surface area contributed by atoms with Gasteiger partial charge in [0.25, 0.3) is 0 Å². The van der Waals surface area contributed by atoms with Crippen LogP contribution in [0.4, 0.5) is 11.5 Å². The molecule has 3 heteroatoms. The SMILES string of the molecule is CC(CC1CCC1)Nc1ccc(N2CCCC2)nc1. The zero-order valence-corrected chi connectivity index (χ0v) is 11.9. The van der Waals surface area contributed by atoms with Crippen LogP contribution in [-0.4, -0.2) is 24.1 Å². The number of hydrogen-bond donors (Lipinski definition) is 1. The molecule has 1 aliphatic heterocycles. The Morgan fingerprint density at radius 2 is 2.05 bits per heavy atom.